The van der Waals surface area contributed by atoms with Crippen molar-refractivity contribution in [3.05, 3.63) is 11.7 Å². The van der Waals surface area contributed by atoms with Crippen LogP contribution in [0.15, 0.2) is 4.52 Å². The van der Waals surface area contributed by atoms with Gasteiger partial charge in [-0.15, -0.1) is 0 Å². The molecular weight excluding hydrogens is 160 g/mol. The van der Waals surface area contributed by atoms with Gasteiger partial charge in [-0.2, -0.15) is 4.98 Å². The highest BCUT2D eigenvalue weighted by Gasteiger charge is 2.39. The van der Waals surface area contributed by atoms with E-state index < -0.39 is 5.97 Å². The molecule has 0 radical (unpaired) electrons. The summed E-state index contributed by atoms with van der Waals surface area (Å²) in [5.41, 5.74) is 0. The van der Waals surface area contributed by atoms with Gasteiger partial charge in [-0.25, -0.2) is 4.79 Å². The molecule has 1 fully saturated rings. The second kappa shape index (κ2) is 2.30. The van der Waals surface area contributed by atoms with Crippen LogP contribution in [0.5, 0.6) is 0 Å². The van der Waals surface area contributed by atoms with E-state index in [1.807, 2.05) is 0 Å². The summed E-state index contributed by atoms with van der Waals surface area (Å²) >= 11 is 0. The van der Waals surface area contributed by atoms with Crippen LogP contribution >= 0.6 is 0 Å². The first-order valence-electron chi connectivity index (χ1n) is 3.75. The molecule has 0 bridgehead atoms. The average molecular weight is 168 g/mol. The summed E-state index contributed by atoms with van der Waals surface area (Å²) in [6, 6.07) is 0. The molecular formula is C7H8N2O3. The molecule has 1 aliphatic carbocycles. The van der Waals surface area contributed by atoms with Crippen molar-refractivity contribution in [1.82, 2.24) is 10.1 Å². The fraction of sp³-hybridized carbons (Fsp3) is 0.571. The third kappa shape index (κ3) is 1.07. The van der Waals surface area contributed by atoms with Crippen LogP contribution in [0.25, 0.3) is 0 Å². The average Bonchev–Trinajstić information content (AvgIpc) is 2.59. The van der Waals surface area contributed by atoms with Crippen molar-refractivity contribution < 1.29 is 14.4 Å². The van der Waals surface area contributed by atoms with Crippen LogP contribution in [0.2, 0.25) is 0 Å². The highest BCUT2D eigenvalue weighted by atomic mass is 16.5. The van der Waals surface area contributed by atoms with Gasteiger partial charge in [0.25, 0.3) is 5.82 Å². The Morgan fingerprint density at radius 3 is 2.83 bits per heavy atom. The van der Waals surface area contributed by atoms with Crippen molar-refractivity contribution in [2.75, 3.05) is 0 Å². The molecule has 1 aromatic rings. The summed E-state index contributed by atoms with van der Waals surface area (Å²) in [4.78, 5) is 14.1. The molecule has 1 saturated carbocycles. The number of nitrogens with zero attached hydrogens (tertiary/aromatic N) is 2. The molecule has 1 aliphatic rings. The van der Waals surface area contributed by atoms with Gasteiger partial charge < -0.3 is 9.63 Å². The van der Waals surface area contributed by atoms with E-state index in [4.69, 9.17) is 9.63 Å². The Labute approximate surface area is 68.4 Å². The molecule has 5 heteroatoms. The number of hydrogen-bond donors (Lipinski definition) is 1. The number of hydrogen-bond acceptors (Lipinski definition) is 4. The van der Waals surface area contributed by atoms with Gasteiger partial charge in [0, 0.05) is 5.92 Å². The van der Waals surface area contributed by atoms with E-state index in [-0.39, 0.29) is 11.7 Å². The quantitative estimate of drug-likeness (QED) is 0.709. The number of carboxylic acids is 1. The van der Waals surface area contributed by atoms with Gasteiger partial charge >= 0.3 is 5.97 Å². The van der Waals surface area contributed by atoms with E-state index in [0.717, 1.165) is 6.42 Å². The van der Waals surface area contributed by atoms with Gasteiger partial charge in [0.15, 0.2) is 0 Å². The normalized spacial score (nSPS) is 27.1. The van der Waals surface area contributed by atoms with E-state index in [0.29, 0.717) is 11.8 Å². The van der Waals surface area contributed by atoms with Crippen molar-refractivity contribution in [1.29, 1.82) is 0 Å². The minimum atomic E-state index is -1.14. The van der Waals surface area contributed by atoms with Crippen molar-refractivity contribution in [2.45, 2.75) is 19.3 Å². The zero-order valence-corrected chi connectivity index (χ0v) is 6.52. The number of aromatic carboxylic acids is 1. The zero-order valence-electron chi connectivity index (χ0n) is 6.52. The fourth-order valence-corrected chi connectivity index (χ4v) is 1.14. The Balaban J connectivity index is 2.19. The zero-order chi connectivity index (χ0) is 8.72. The minimum Gasteiger partial charge on any atom is -0.475 e. The van der Waals surface area contributed by atoms with Crippen molar-refractivity contribution >= 4 is 5.97 Å². The molecule has 2 rings (SSSR count). The van der Waals surface area contributed by atoms with E-state index in [1.165, 1.54) is 0 Å². The van der Waals surface area contributed by atoms with Crippen molar-refractivity contribution in [2.24, 2.45) is 5.92 Å². The molecule has 1 N–H and O–H groups in total. The van der Waals surface area contributed by atoms with Crippen LogP contribution in [0.3, 0.4) is 0 Å². The van der Waals surface area contributed by atoms with Crippen molar-refractivity contribution in [3.8, 4) is 0 Å². The number of rotatable bonds is 2. The number of aromatic nitrogens is 2. The number of carboxylic acid groups (broad SMARTS) is 1. The van der Waals surface area contributed by atoms with Gasteiger partial charge in [0.2, 0.25) is 5.89 Å². The summed E-state index contributed by atoms with van der Waals surface area (Å²) in [7, 11) is 0. The lowest BCUT2D eigenvalue weighted by Gasteiger charge is -1.82. The Morgan fingerprint density at radius 2 is 2.42 bits per heavy atom. The van der Waals surface area contributed by atoms with Crippen LogP contribution in [-0.2, 0) is 0 Å². The highest BCUT2D eigenvalue weighted by molar-refractivity contribution is 5.82. The topological polar surface area (TPSA) is 76.2 Å². The fourth-order valence-electron chi connectivity index (χ4n) is 1.14. The maximum Gasteiger partial charge on any atom is 0.377 e. The van der Waals surface area contributed by atoms with Crippen LogP contribution < -0.4 is 0 Å². The Hall–Kier alpha value is -1.39. The molecule has 0 spiro atoms. The molecule has 0 unspecified atom stereocenters. The lowest BCUT2D eigenvalue weighted by atomic mass is 10.3. The minimum absolute atomic E-state index is 0.246. The molecule has 0 aromatic carbocycles. The highest BCUT2D eigenvalue weighted by Crippen LogP contribution is 2.45. The predicted octanol–water partition coefficient (Wildman–Crippen LogP) is 0.891. The maximum atomic E-state index is 10.4. The molecule has 0 amide bonds. The van der Waals surface area contributed by atoms with Crippen LogP contribution in [0, 0.1) is 5.92 Å². The number of carbonyl (C=O) groups is 1. The van der Waals surface area contributed by atoms with Crippen LogP contribution in [-0.4, -0.2) is 21.2 Å². The molecule has 0 saturated heterocycles. The summed E-state index contributed by atoms with van der Waals surface area (Å²) in [5.74, 6) is -0.0972. The molecule has 5 nitrogen and oxygen atoms in total. The molecule has 1 heterocycles. The van der Waals surface area contributed by atoms with Gasteiger partial charge in [0.1, 0.15) is 0 Å². The molecule has 64 valence electrons. The SMILES string of the molecule is C[C@H]1C[C@@H]1c1nc(C(=O)O)no1. The molecule has 12 heavy (non-hydrogen) atoms. The molecule has 2 atom stereocenters. The van der Waals surface area contributed by atoms with Crippen molar-refractivity contribution in [3.63, 3.8) is 0 Å². The lowest BCUT2D eigenvalue weighted by molar-refractivity contribution is 0.0680. The second-order valence-electron chi connectivity index (χ2n) is 3.08. The monoisotopic (exact) mass is 168 g/mol. The standard InChI is InChI=1S/C7H8N2O3/c1-3-2-4(3)6-8-5(7(10)11)9-12-6/h3-4H,2H2,1H3,(H,10,11)/t3-,4-/m0/s1. The van der Waals surface area contributed by atoms with Gasteiger partial charge in [0.05, 0.1) is 0 Å². The summed E-state index contributed by atoms with van der Waals surface area (Å²) < 4.78 is 4.78. The maximum absolute atomic E-state index is 10.4. The Bertz CT molecular complexity index is 320. The first kappa shape index (κ1) is 7.27. The van der Waals surface area contributed by atoms with E-state index in [2.05, 4.69) is 17.1 Å². The van der Waals surface area contributed by atoms with Gasteiger partial charge in [-0.3, -0.25) is 0 Å². The first-order chi connectivity index (χ1) is 5.68. The second-order valence-corrected chi connectivity index (χ2v) is 3.08. The van der Waals surface area contributed by atoms with Crippen LogP contribution in [0.4, 0.5) is 0 Å². The third-order valence-corrected chi connectivity index (χ3v) is 2.06. The van der Waals surface area contributed by atoms with Crippen LogP contribution in [0.1, 0.15) is 35.8 Å². The van der Waals surface area contributed by atoms with Gasteiger partial charge in [-0.1, -0.05) is 6.92 Å². The van der Waals surface area contributed by atoms with E-state index in [1.54, 1.807) is 0 Å². The largest absolute Gasteiger partial charge is 0.475 e. The van der Waals surface area contributed by atoms with E-state index >= 15 is 0 Å². The van der Waals surface area contributed by atoms with E-state index in [9.17, 15) is 4.79 Å². The Kier molecular flexibility index (Phi) is 1.39. The molecule has 1 aromatic heterocycles. The first-order valence-corrected chi connectivity index (χ1v) is 3.75. The third-order valence-electron chi connectivity index (χ3n) is 2.06. The lowest BCUT2D eigenvalue weighted by Crippen LogP contribution is -1.98. The smallest absolute Gasteiger partial charge is 0.377 e. The van der Waals surface area contributed by atoms with Gasteiger partial charge in [-0.05, 0) is 17.5 Å². The molecule has 0 aliphatic heterocycles. The summed E-state index contributed by atoms with van der Waals surface area (Å²) in [6.07, 6.45) is 1.02. The Morgan fingerprint density at radius 1 is 1.75 bits per heavy atom. The predicted molar refractivity (Wildman–Crippen MR) is 37.8 cm³/mol. The summed E-state index contributed by atoms with van der Waals surface area (Å²) in [5, 5.41) is 11.8. The summed E-state index contributed by atoms with van der Waals surface area (Å²) in [6.45, 7) is 2.06.